The van der Waals surface area contributed by atoms with Crippen molar-refractivity contribution >= 4 is 5.97 Å². The number of fused-ring (bicyclic) bond motifs is 1. The highest BCUT2D eigenvalue weighted by Gasteiger charge is 2.34. The van der Waals surface area contributed by atoms with Gasteiger partial charge in [0.25, 0.3) is 0 Å². The Morgan fingerprint density at radius 3 is 2.95 bits per heavy atom. The minimum Gasteiger partial charge on any atom is -0.466 e. The molecule has 2 saturated heterocycles. The molecule has 2 unspecified atom stereocenters. The molecule has 5 heteroatoms. The summed E-state index contributed by atoms with van der Waals surface area (Å²) in [5.74, 6) is 0.393. The molecule has 0 N–H and O–H groups in total. The van der Waals surface area contributed by atoms with Gasteiger partial charge in [0.2, 0.25) is 0 Å². The maximum absolute atomic E-state index is 11.7. The molecular weight excluding hydrogens is 280 g/mol. The van der Waals surface area contributed by atoms with E-state index in [0.29, 0.717) is 25.0 Å². The van der Waals surface area contributed by atoms with E-state index >= 15 is 0 Å². The summed E-state index contributed by atoms with van der Waals surface area (Å²) in [6.45, 7) is 8.23. The van der Waals surface area contributed by atoms with Crippen LogP contribution < -0.4 is 0 Å². The third kappa shape index (κ3) is 3.63. The standard InChI is InChI=1S/C17H28N2O3/c1-2-22-17(20)6-5-14-13-19-7-3-4-15(19)12-16(14)18-8-10-21-11-9-18/h12,14-15H,2-11,13H2,1H3. The van der Waals surface area contributed by atoms with Gasteiger partial charge in [0.1, 0.15) is 0 Å². The molecule has 2 fully saturated rings. The van der Waals surface area contributed by atoms with Crippen LogP contribution in [0.25, 0.3) is 0 Å². The van der Waals surface area contributed by atoms with Crippen LogP contribution in [0.15, 0.2) is 11.8 Å². The van der Waals surface area contributed by atoms with E-state index in [1.165, 1.54) is 25.1 Å². The number of hydrogen-bond donors (Lipinski definition) is 0. The van der Waals surface area contributed by atoms with Gasteiger partial charge < -0.3 is 14.4 Å². The van der Waals surface area contributed by atoms with E-state index in [1.54, 1.807) is 0 Å². The van der Waals surface area contributed by atoms with Crippen LogP contribution in [0.2, 0.25) is 0 Å². The third-order valence-corrected chi connectivity index (χ3v) is 5.03. The van der Waals surface area contributed by atoms with E-state index < -0.39 is 0 Å². The molecule has 22 heavy (non-hydrogen) atoms. The molecule has 0 bridgehead atoms. The van der Waals surface area contributed by atoms with Crippen molar-refractivity contribution in [2.24, 2.45) is 5.92 Å². The number of hydrogen-bond acceptors (Lipinski definition) is 5. The zero-order chi connectivity index (χ0) is 15.4. The van der Waals surface area contributed by atoms with Gasteiger partial charge >= 0.3 is 5.97 Å². The number of ether oxygens (including phenoxy) is 2. The molecule has 3 aliphatic heterocycles. The lowest BCUT2D eigenvalue weighted by Crippen LogP contribution is -2.45. The Balaban J connectivity index is 1.67. The van der Waals surface area contributed by atoms with Gasteiger partial charge in [-0.25, -0.2) is 0 Å². The van der Waals surface area contributed by atoms with Crippen molar-refractivity contribution in [3.05, 3.63) is 11.8 Å². The van der Waals surface area contributed by atoms with E-state index in [1.807, 2.05) is 6.92 Å². The molecule has 0 aromatic heterocycles. The van der Waals surface area contributed by atoms with Crippen molar-refractivity contribution in [2.45, 2.75) is 38.6 Å². The second-order valence-corrected chi connectivity index (χ2v) is 6.44. The van der Waals surface area contributed by atoms with Crippen LogP contribution in [-0.2, 0) is 14.3 Å². The summed E-state index contributed by atoms with van der Waals surface area (Å²) in [6.07, 6.45) is 6.46. The number of carbonyl (C=O) groups excluding carboxylic acids is 1. The summed E-state index contributed by atoms with van der Waals surface area (Å²) in [5, 5.41) is 0. The highest BCUT2D eigenvalue weighted by atomic mass is 16.5. The minimum absolute atomic E-state index is 0.0626. The summed E-state index contributed by atoms with van der Waals surface area (Å²) in [6, 6.07) is 0.608. The largest absolute Gasteiger partial charge is 0.466 e. The molecule has 3 aliphatic rings. The highest BCUT2D eigenvalue weighted by Crippen LogP contribution is 2.33. The van der Waals surface area contributed by atoms with Crippen molar-refractivity contribution < 1.29 is 14.3 Å². The molecule has 3 heterocycles. The van der Waals surface area contributed by atoms with Gasteiger partial charge in [0, 0.05) is 43.7 Å². The van der Waals surface area contributed by atoms with Gasteiger partial charge in [-0.3, -0.25) is 9.69 Å². The van der Waals surface area contributed by atoms with Gasteiger partial charge in [0.15, 0.2) is 0 Å². The molecular formula is C17H28N2O3. The molecule has 5 nitrogen and oxygen atoms in total. The Kier molecular flexibility index (Phi) is 5.37. The zero-order valence-electron chi connectivity index (χ0n) is 13.6. The highest BCUT2D eigenvalue weighted by molar-refractivity contribution is 5.69. The van der Waals surface area contributed by atoms with Gasteiger partial charge in [-0.2, -0.15) is 0 Å². The van der Waals surface area contributed by atoms with Crippen LogP contribution in [0.4, 0.5) is 0 Å². The maximum atomic E-state index is 11.7. The van der Waals surface area contributed by atoms with Crippen molar-refractivity contribution in [3.63, 3.8) is 0 Å². The Morgan fingerprint density at radius 2 is 2.18 bits per heavy atom. The molecule has 2 atom stereocenters. The lowest BCUT2D eigenvalue weighted by Gasteiger charge is -2.41. The fourth-order valence-corrected chi connectivity index (χ4v) is 3.93. The maximum Gasteiger partial charge on any atom is 0.305 e. The number of morpholine rings is 1. The van der Waals surface area contributed by atoms with Crippen LogP contribution in [0.1, 0.15) is 32.6 Å². The Morgan fingerprint density at radius 1 is 1.36 bits per heavy atom. The summed E-state index contributed by atoms with van der Waals surface area (Å²) >= 11 is 0. The summed E-state index contributed by atoms with van der Waals surface area (Å²) < 4.78 is 10.6. The Labute approximate surface area is 133 Å². The quantitative estimate of drug-likeness (QED) is 0.722. The Hall–Kier alpha value is -1.07. The smallest absolute Gasteiger partial charge is 0.305 e. The van der Waals surface area contributed by atoms with Gasteiger partial charge in [-0.1, -0.05) is 0 Å². The number of esters is 1. The first-order chi connectivity index (χ1) is 10.8. The van der Waals surface area contributed by atoms with Crippen LogP contribution >= 0.6 is 0 Å². The summed E-state index contributed by atoms with van der Waals surface area (Å²) in [4.78, 5) is 16.8. The Bertz CT molecular complexity index is 418. The van der Waals surface area contributed by atoms with Gasteiger partial charge in [-0.15, -0.1) is 0 Å². The molecule has 0 aliphatic carbocycles. The SMILES string of the molecule is CCOC(=O)CCC1CN2CCCC2C=C1N1CCOCC1. The summed E-state index contributed by atoms with van der Waals surface area (Å²) in [5.41, 5.74) is 1.45. The molecule has 124 valence electrons. The topological polar surface area (TPSA) is 42.0 Å². The monoisotopic (exact) mass is 308 g/mol. The molecule has 0 aromatic carbocycles. The molecule has 0 spiro atoms. The summed E-state index contributed by atoms with van der Waals surface area (Å²) in [7, 11) is 0. The molecule has 0 radical (unpaired) electrons. The van der Waals surface area contributed by atoms with E-state index in [-0.39, 0.29) is 5.97 Å². The molecule has 3 rings (SSSR count). The van der Waals surface area contributed by atoms with Crippen LogP contribution in [0, 0.1) is 5.92 Å². The van der Waals surface area contributed by atoms with E-state index in [4.69, 9.17) is 9.47 Å². The van der Waals surface area contributed by atoms with Crippen molar-refractivity contribution in [3.8, 4) is 0 Å². The average Bonchev–Trinajstić information content (AvgIpc) is 3.00. The van der Waals surface area contributed by atoms with Gasteiger partial charge in [0.05, 0.1) is 19.8 Å². The average molecular weight is 308 g/mol. The zero-order valence-corrected chi connectivity index (χ0v) is 13.6. The van der Waals surface area contributed by atoms with Gasteiger partial charge in [-0.05, 0) is 38.8 Å². The number of carbonyl (C=O) groups is 1. The van der Waals surface area contributed by atoms with Crippen molar-refractivity contribution in [1.82, 2.24) is 9.80 Å². The first-order valence-corrected chi connectivity index (χ1v) is 8.72. The van der Waals surface area contributed by atoms with Crippen molar-refractivity contribution in [2.75, 3.05) is 46.0 Å². The number of rotatable bonds is 5. The third-order valence-electron chi connectivity index (χ3n) is 5.03. The molecule has 0 amide bonds. The lowest BCUT2D eigenvalue weighted by atomic mass is 9.91. The first kappa shape index (κ1) is 15.8. The first-order valence-electron chi connectivity index (χ1n) is 8.72. The van der Waals surface area contributed by atoms with Crippen molar-refractivity contribution in [1.29, 1.82) is 0 Å². The van der Waals surface area contributed by atoms with E-state index in [9.17, 15) is 4.79 Å². The second kappa shape index (κ2) is 7.47. The van der Waals surface area contributed by atoms with Crippen LogP contribution in [0.3, 0.4) is 0 Å². The second-order valence-electron chi connectivity index (χ2n) is 6.44. The van der Waals surface area contributed by atoms with Crippen LogP contribution in [-0.4, -0.2) is 67.8 Å². The van der Waals surface area contributed by atoms with E-state index in [2.05, 4.69) is 15.9 Å². The van der Waals surface area contributed by atoms with E-state index in [0.717, 1.165) is 39.3 Å². The fourth-order valence-electron chi connectivity index (χ4n) is 3.93. The molecule has 0 saturated carbocycles. The fraction of sp³-hybridized carbons (Fsp3) is 0.824. The number of nitrogens with zero attached hydrogens (tertiary/aromatic N) is 2. The lowest BCUT2D eigenvalue weighted by molar-refractivity contribution is -0.143. The predicted molar refractivity (Wildman–Crippen MR) is 84.4 cm³/mol. The van der Waals surface area contributed by atoms with Crippen LogP contribution in [0.5, 0.6) is 0 Å². The predicted octanol–water partition coefficient (Wildman–Crippen LogP) is 1.64. The minimum atomic E-state index is -0.0626. The molecule has 0 aromatic rings. The normalized spacial score (nSPS) is 29.1.